The summed E-state index contributed by atoms with van der Waals surface area (Å²) in [5, 5.41) is 2.64. The number of anilines is 1. The number of carbonyl (C=O) groups is 1. The Bertz CT molecular complexity index is 414. The van der Waals surface area contributed by atoms with Crippen LogP contribution in [-0.4, -0.2) is 25.5 Å². The molecule has 126 valence electrons. The first-order chi connectivity index (χ1) is 10.7. The van der Waals surface area contributed by atoms with Gasteiger partial charge in [0, 0.05) is 24.8 Å². The SMILES string of the molecule is CC.CC.CCN1CCc2ccc(C)cc21.O=CNC1CC1. The molecule has 0 aromatic heterocycles. The van der Waals surface area contributed by atoms with Crippen LogP contribution in [0.15, 0.2) is 18.2 Å². The van der Waals surface area contributed by atoms with E-state index in [1.54, 1.807) is 0 Å². The lowest BCUT2D eigenvalue weighted by Gasteiger charge is -2.16. The average molecular weight is 306 g/mol. The second-order valence-corrected chi connectivity index (χ2v) is 5.02. The van der Waals surface area contributed by atoms with E-state index < -0.39 is 0 Å². The number of amides is 1. The number of hydrogen-bond acceptors (Lipinski definition) is 2. The van der Waals surface area contributed by atoms with Crippen LogP contribution in [0.25, 0.3) is 0 Å². The molecule has 0 spiro atoms. The maximum atomic E-state index is 9.54. The molecule has 1 N–H and O–H groups in total. The molecule has 22 heavy (non-hydrogen) atoms. The van der Waals surface area contributed by atoms with E-state index in [4.69, 9.17) is 0 Å². The minimum Gasteiger partial charge on any atom is -0.371 e. The number of nitrogens with one attached hydrogen (secondary N) is 1. The summed E-state index contributed by atoms with van der Waals surface area (Å²) in [6.45, 7) is 14.7. The van der Waals surface area contributed by atoms with Crippen LogP contribution in [0.1, 0.15) is 58.6 Å². The van der Waals surface area contributed by atoms with Gasteiger partial charge in [0.05, 0.1) is 0 Å². The van der Waals surface area contributed by atoms with Crippen LogP contribution in [0.4, 0.5) is 5.69 Å². The van der Waals surface area contributed by atoms with Crippen molar-refractivity contribution < 1.29 is 4.79 Å². The summed E-state index contributed by atoms with van der Waals surface area (Å²) in [5.74, 6) is 0. The zero-order chi connectivity index (χ0) is 17.0. The number of likely N-dealkylation sites (N-methyl/N-ethyl adjacent to an activating group) is 1. The van der Waals surface area contributed by atoms with Crippen LogP contribution in [0, 0.1) is 6.92 Å². The van der Waals surface area contributed by atoms with Crippen LogP contribution in [0.5, 0.6) is 0 Å². The van der Waals surface area contributed by atoms with Crippen molar-refractivity contribution in [1.29, 1.82) is 0 Å². The summed E-state index contributed by atoms with van der Waals surface area (Å²) in [6, 6.07) is 7.30. The van der Waals surface area contributed by atoms with E-state index in [2.05, 4.69) is 42.3 Å². The van der Waals surface area contributed by atoms with Crippen LogP contribution in [0.2, 0.25) is 0 Å². The molecular formula is C19H34N2O. The molecule has 0 saturated heterocycles. The van der Waals surface area contributed by atoms with Crippen molar-refractivity contribution in [3.8, 4) is 0 Å². The number of aryl methyl sites for hydroxylation is 1. The molecule has 3 nitrogen and oxygen atoms in total. The Balaban J connectivity index is 0.000000373. The fraction of sp³-hybridized carbons (Fsp3) is 0.632. The zero-order valence-electron chi connectivity index (χ0n) is 15.3. The maximum absolute atomic E-state index is 9.54. The molecule has 1 aliphatic carbocycles. The summed E-state index contributed by atoms with van der Waals surface area (Å²) in [7, 11) is 0. The van der Waals surface area contributed by atoms with Crippen molar-refractivity contribution in [3.63, 3.8) is 0 Å². The number of nitrogens with zero attached hydrogens (tertiary/aromatic N) is 1. The van der Waals surface area contributed by atoms with E-state index >= 15 is 0 Å². The Hall–Kier alpha value is -1.51. The third-order valence-corrected chi connectivity index (χ3v) is 3.50. The Morgan fingerprint density at radius 2 is 1.86 bits per heavy atom. The predicted octanol–water partition coefficient (Wildman–Crippen LogP) is 4.32. The third-order valence-electron chi connectivity index (χ3n) is 3.50. The smallest absolute Gasteiger partial charge is 0.207 e. The minimum absolute atomic E-state index is 0.530. The standard InChI is InChI=1S/C11H15N.C4H7NO.2C2H6/c1-3-12-7-6-10-5-4-9(2)8-11(10)12;6-3-5-4-1-2-4;2*1-2/h4-5,8H,3,6-7H2,1-2H3;3-4H,1-2H2,(H,5,6);2*1-2H3. The van der Waals surface area contributed by atoms with Crippen molar-refractivity contribution >= 4 is 12.1 Å². The largest absolute Gasteiger partial charge is 0.371 e. The minimum atomic E-state index is 0.530. The Kier molecular flexibility index (Phi) is 11.2. The van der Waals surface area contributed by atoms with Crippen molar-refractivity contribution in [2.75, 3.05) is 18.0 Å². The highest BCUT2D eigenvalue weighted by Gasteiger charge is 2.19. The Morgan fingerprint density at radius 1 is 1.23 bits per heavy atom. The molecule has 1 aliphatic heterocycles. The zero-order valence-corrected chi connectivity index (χ0v) is 15.3. The van der Waals surface area contributed by atoms with E-state index in [9.17, 15) is 4.79 Å². The molecule has 1 heterocycles. The summed E-state index contributed by atoms with van der Waals surface area (Å²) >= 11 is 0. The van der Waals surface area contributed by atoms with Gasteiger partial charge < -0.3 is 10.2 Å². The van der Waals surface area contributed by atoms with Gasteiger partial charge in [0.2, 0.25) is 6.41 Å². The number of fused-ring (bicyclic) bond motifs is 1. The topological polar surface area (TPSA) is 32.3 Å². The van der Waals surface area contributed by atoms with Gasteiger partial charge in [0.15, 0.2) is 0 Å². The molecule has 1 amide bonds. The van der Waals surface area contributed by atoms with E-state index in [-0.39, 0.29) is 0 Å². The van der Waals surface area contributed by atoms with Crippen molar-refractivity contribution in [2.24, 2.45) is 0 Å². The first-order valence-electron chi connectivity index (χ1n) is 8.78. The van der Waals surface area contributed by atoms with Gasteiger partial charge in [-0.05, 0) is 50.3 Å². The van der Waals surface area contributed by atoms with Gasteiger partial charge in [-0.25, -0.2) is 0 Å². The lowest BCUT2D eigenvalue weighted by molar-refractivity contribution is -0.109. The number of carbonyl (C=O) groups excluding carboxylic acids is 1. The quantitative estimate of drug-likeness (QED) is 0.843. The number of benzene rings is 1. The van der Waals surface area contributed by atoms with Crippen LogP contribution < -0.4 is 10.2 Å². The van der Waals surface area contributed by atoms with Gasteiger partial charge in [-0.3, -0.25) is 4.79 Å². The highest BCUT2D eigenvalue weighted by atomic mass is 16.1. The van der Waals surface area contributed by atoms with Crippen molar-refractivity contribution in [2.45, 2.75) is 66.8 Å². The van der Waals surface area contributed by atoms with Gasteiger partial charge in [-0.1, -0.05) is 39.8 Å². The third kappa shape index (κ3) is 6.97. The Labute approximate surface area is 137 Å². The highest BCUT2D eigenvalue weighted by molar-refractivity contribution is 5.59. The van der Waals surface area contributed by atoms with E-state index in [1.807, 2.05) is 27.7 Å². The average Bonchev–Trinajstić information content (AvgIpc) is 3.30. The molecule has 0 unspecified atom stereocenters. The molecule has 0 bridgehead atoms. The number of rotatable bonds is 3. The first kappa shape index (κ1) is 20.5. The molecule has 3 heteroatoms. The summed E-state index contributed by atoms with van der Waals surface area (Å²) in [6.07, 6.45) is 4.35. The molecule has 0 radical (unpaired) electrons. The lowest BCUT2D eigenvalue weighted by Crippen LogP contribution is -2.19. The van der Waals surface area contributed by atoms with Crippen LogP contribution in [0.3, 0.4) is 0 Å². The van der Waals surface area contributed by atoms with Crippen LogP contribution in [-0.2, 0) is 11.2 Å². The van der Waals surface area contributed by atoms with Crippen LogP contribution >= 0.6 is 0 Å². The molecule has 0 atom stereocenters. The van der Waals surface area contributed by atoms with Gasteiger partial charge in [-0.2, -0.15) is 0 Å². The second-order valence-electron chi connectivity index (χ2n) is 5.02. The fourth-order valence-electron chi connectivity index (χ4n) is 2.23. The Morgan fingerprint density at radius 3 is 2.32 bits per heavy atom. The van der Waals surface area contributed by atoms with Gasteiger partial charge in [0.25, 0.3) is 0 Å². The van der Waals surface area contributed by atoms with Gasteiger partial charge >= 0.3 is 0 Å². The summed E-state index contributed by atoms with van der Waals surface area (Å²) < 4.78 is 0. The molecular weight excluding hydrogens is 272 g/mol. The number of hydrogen-bond donors (Lipinski definition) is 1. The van der Waals surface area contributed by atoms with E-state index in [0.29, 0.717) is 6.04 Å². The monoisotopic (exact) mass is 306 g/mol. The molecule has 1 fully saturated rings. The second kappa shape index (κ2) is 12.1. The lowest BCUT2D eigenvalue weighted by atomic mass is 10.1. The molecule has 2 aliphatic rings. The first-order valence-corrected chi connectivity index (χ1v) is 8.78. The van der Waals surface area contributed by atoms with E-state index in [1.165, 1.54) is 42.6 Å². The molecule has 3 rings (SSSR count). The van der Waals surface area contributed by atoms with E-state index in [0.717, 1.165) is 13.0 Å². The molecule has 1 aromatic rings. The maximum Gasteiger partial charge on any atom is 0.207 e. The summed E-state index contributed by atoms with van der Waals surface area (Å²) in [4.78, 5) is 12.0. The molecule has 1 aromatic carbocycles. The van der Waals surface area contributed by atoms with Crippen molar-refractivity contribution in [3.05, 3.63) is 29.3 Å². The highest BCUT2D eigenvalue weighted by Crippen LogP contribution is 2.28. The van der Waals surface area contributed by atoms with Gasteiger partial charge in [-0.15, -0.1) is 0 Å². The van der Waals surface area contributed by atoms with Crippen molar-refractivity contribution in [1.82, 2.24) is 5.32 Å². The normalized spacial score (nSPS) is 14.2. The fourth-order valence-corrected chi connectivity index (χ4v) is 2.23. The van der Waals surface area contributed by atoms with Gasteiger partial charge in [0.1, 0.15) is 0 Å². The summed E-state index contributed by atoms with van der Waals surface area (Å²) in [5.41, 5.74) is 4.34. The predicted molar refractivity (Wildman–Crippen MR) is 97.7 cm³/mol. The molecule has 1 saturated carbocycles.